The molecule has 1 nitrogen and oxygen atoms in total. The van der Waals surface area contributed by atoms with Gasteiger partial charge in [-0.25, -0.2) is 0 Å². The number of hydrogen-bond donors (Lipinski definition) is 0. The third kappa shape index (κ3) is 2.37. The van der Waals surface area contributed by atoms with E-state index in [1.165, 1.54) is 12.8 Å². The highest BCUT2D eigenvalue weighted by Gasteiger charge is 2.70. The van der Waals surface area contributed by atoms with Crippen molar-refractivity contribution >= 4 is 10.9 Å². The van der Waals surface area contributed by atoms with Crippen molar-refractivity contribution in [1.29, 1.82) is 0 Å². The molecule has 0 N–H and O–H groups in total. The molecule has 0 spiro atoms. The minimum absolute atomic E-state index is 0.243. The Labute approximate surface area is 128 Å². The van der Waals surface area contributed by atoms with Gasteiger partial charge < -0.3 is 4.74 Å². The minimum atomic E-state index is 0.243. The summed E-state index contributed by atoms with van der Waals surface area (Å²) in [5.41, 5.74) is 0.968. The van der Waals surface area contributed by atoms with Crippen molar-refractivity contribution in [2.24, 2.45) is 22.2 Å². The maximum absolute atomic E-state index is 6.53. The van der Waals surface area contributed by atoms with Gasteiger partial charge in [-0.1, -0.05) is 48.1 Å². The Kier molecular flexibility index (Phi) is 4.15. The lowest BCUT2D eigenvalue weighted by molar-refractivity contribution is -0.0672. The minimum Gasteiger partial charge on any atom is -0.372 e. The number of ether oxygens (including phenoxy) is 1. The maximum atomic E-state index is 6.53. The SMILES string of the molecule is C=C[S+](C)[C@@H]1[C@H]2CC[C@@](C)([C@@H]1OCC(C)(C)C)C2(C)C. The van der Waals surface area contributed by atoms with Gasteiger partial charge in [0.25, 0.3) is 0 Å². The van der Waals surface area contributed by atoms with Gasteiger partial charge in [-0.2, -0.15) is 0 Å². The summed E-state index contributed by atoms with van der Waals surface area (Å²) in [6.45, 7) is 19.1. The number of fused-ring (bicyclic) bond motifs is 2. The van der Waals surface area contributed by atoms with Gasteiger partial charge in [0.05, 0.1) is 6.61 Å². The lowest BCUT2D eigenvalue weighted by Crippen LogP contribution is -2.45. The van der Waals surface area contributed by atoms with E-state index < -0.39 is 0 Å². The second-order valence-electron chi connectivity index (χ2n) is 8.82. The Bertz CT molecular complexity index is 381. The molecule has 2 rings (SSSR count). The van der Waals surface area contributed by atoms with Crippen molar-refractivity contribution < 1.29 is 4.74 Å². The fourth-order valence-electron chi connectivity index (χ4n) is 4.40. The normalized spacial score (nSPS) is 40.9. The van der Waals surface area contributed by atoms with E-state index in [4.69, 9.17) is 4.74 Å². The third-order valence-electron chi connectivity index (χ3n) is 6.08. The van der Waals surface area contributed by atoms with Gasteiger partial charge in [0.1, 0.15) is 17.8 Å². The zero-order valence-electron chi connectivity index (χ0n) is 14.5. The van der Waals surface area contributed by atoms with E-state index in [0.717, 1.165) is 12.5 Å². The Morgan fingerprint density at radius 2 is 1.90 bits per heavy atom. The molecule has 2 heteroatoms. The van der Waals surface area contributed by atoms with Crippen LogP contribution in [0.2, 0.25) is 0 Å². The molecule has 20 heavy (non-hydrogen) atoms. The quantitative estimate of drug-likeness (QED) is 0.687. The molecule has 0 saturated heterocycles. The highest BCUT2D eigenvalue weighted by molar-refractivity contribution is 7.99. The Hall–Kier alpha value is 0.0500. The van der Waals surface area contributed by atoms with Gasteiger partial charge in [-0.15, -0.1) is 0 Å². The third-order valence-corrected chi connectivity index (χ3v) is 8.04. The van der Waals surface area contributed by atoms with Crippen LogP contribution in [0.4, 0.5) is 0 Å². The van der Waals surface area contributed by atoms with Gasteiger partial charge in [-0.05, 0) is 23.7 Å². The molecule has 2 fully saturated rings. The summed E-state index contributed by atoms with van der Waals surface area (Å²) < 4.78 is 6.53. The van der Waals surface area contributed by atoms with E-state index in [-0.39, 0.29) is 16.3 Å². The topological polar surface area (TPSA) is 9.23 Å². The monoisotopic (exact) mass is 297 g/mol. The van der Waals surface area contributed by atoms with E-state index in [0.29, 0.717) is 22.2 Å². The van der Waals surface area contributed by atoms with Gasteiger partial charge in [0.2, 0.25) is 0 Å². The van der Waals surface area contributed by atoms with Crippen LogP contribution < -0.4 is 0 Å². The molecule has 0 amide bonds. The summed E-state index contributed by atoms with van der Waals surface area (Å²) in [5, 5.41) is 2.83. The molecule has 0 heterocycles. The van der Waals surface area contributed by atoms with Gasteiger partial charge >= 0.3 is 0 Å². The summed E-state index contributed by atoms with van der Waals surface area (Å²) in [4.78, 5) is 0. The van der Waals surface area contributed by atoms with Crippen molar-refractivity contribution in [2.75, 3.05) is 12.9 Å². The Morgan fingerprint density at radius 1 is 1.30 bits per heavy atom. The van der Waals surface area contributed by atoms with Crippen LogP contribution in [-0.4, -0.2) is 24.2 Å². The Balaban J connectivity index is 2.28. The fraction of sp³-hybridized carbons (Fsp3) is 0.889. The van der Waals surface area contributed by atoms with Crippen LogP contribution >= 0.6 is 0 Å². The number of rotatable bonds is 4. The first-order valence-electron chi connectivity index (χ1n) is 7.92. The Morgan fingerprint density at radius 3 is 2.40 bits per heavy atom. The van der Waals surface area contributed by atoms with E-state index in [1.54, 1.807) is 0 Å². The molecule has 1 unspecified atom stereocenters. The molecule has 5 atom stereocenters. The van der Waals surface area contributed by atoms with Crippen molar-refractivity contribution in [3.63, 3.8) is 0 Å². The smallest absolute Gasteiger partial charge is 0.152 e. The summed E-state index contributed by atoms with van der Waals surface area (Å²) in [6, 6.07) is 0. The molecular weight excluding hydrogens is 264 g/mol. The van der Waals surface area contributed by atoms with E-state index in [2.05, 4.69) is 59.8 Å². The van der Waals surface area contributed by atoms with Gasteiger partial charge in [0.15, 0.2) is 5.25 Å². The average Bonchev–Trinajstić information content (AvgIpc) is 2.65. The van der Waals surface area contributed by atoms with Crippen molar-refractivity contribution in [3.8, 4) is 0 Å². The van der Waals surface area contributed by atoms with Crippen LogP contribution in [0, 0.1) is 22.2 Å². The summed E-state index contributed by atoms with van der Waals surface area (Å²) in [5.74, 6) is 0.795. The van der Waals surface area contributed by atoms with Crippen LogP contribution in [0.15, 0.2) is 12.0 Å². The number of hydrogen-bond acceptors (Lipinski definition) is 1. The highest BCUT2D eigenvalue weighted by Crippen LogP contribution is 2.67. The molecule has 0 aromatic heterocycles. The average molecular weight is 298 g/mol. The standard InChI is InChI=1S/C18H33OS/c1-9-20(8)14-13-10-11-18(7,17(13,5)6)15(14)19-12-16(2,3)4/h9,13-15H,1,10-12H2,2-8H3/q+1/t13-,14-,15-,18+,20?/m1/s1. The molecular formula is C18H33OS+. The lowest BCUT2D eigenvalue weighted by atomic mass is 9.70. The molecule has 0 aromatic carbocycles. The van der Waals surface area contributed by atoms with Crippen LogP contribution in [0.5, 0.6) is 0 Å². The predicted molar refractivity (Wildman–Crippen MR) is 91.1 cm³/mol. The second-order valence-corrected chi connectivity index (χ2v) is 10.9. The maximum Gasteiger partial charge on any atom is 0.152 e. The summed E-state index contributed by atoms with van der Waals surface area (Å²) in [7, 11) is 0.256. The predicted octanol–water partition coefficient (Wildman–Crippen LogP) is 4.63. The van der Waals surface area contributed by atoms with Gasteiger partial charge in [0, 0.05) is 22.2 Å². The molecule has 0 aromatic rings. The zero-order valence-corrected chi connectivity index (χ0v) is 15.3. The highest BCUT2D eigenvalue weighted by atomic mass is 32.2. The summed E-state index contributed by atoms with van der Waals surface area (Å²) in [6.07, 6.45) is 5.45. The van der Waals surface area contributed by atoms with Crippen LogP contribution in [0.1, 0.15) is 54.4 Å². The molecule has 2 aliphatic rings. The van der Waals surface area contributed by atoms with Crippen LogP contribution in [0.25, 0.3) is 0 Å². The first kappa shape index (κ1) is 16.4. The molecule has 0 aliphatic heterocycles. The molecule has 116 valence electrons. The van der Waals surface area contributed by atoms with Crippen molar-refractivity contribution in [2.45, 2.75) is 65.7 Å². The first-order valence-corrected chi connectivity index (χ1v) is 9.68. The lowest BCUT2D eigenvalue weighted by Gasteiger charge is -2.39. The zero-order chi connectivity index (χ0) is 15.3. The van der Waals surface area contributed by atoms with Crippen LogP contribution in [0.3, 0.4) is 0 Å². The van der Waals surface area contributed by atoms with Crippen LogP contribution in [-0.2, 0) is 15.6 Å². The second kappa shape index (κ2) is 5.05. The largest absolute Gasteiger partial charge is 0.372 e. The molecule has 2 aliphatic carbocycles. The van der Waals surface area contributed by atoms with E-state index in [1.807, 2.05) is 0 Å². The van der Waals surface area contributed by atoms with Gasteiger partial charge in [-0.3, -0.25) is 0 Å². The fourth-order valence-corrected chi connectivity index (χ4v) is 6.39. The summed E-state index contributed by atoms with van der Waals surface area (Å²) >= 11 is 0. The van der Waals surface area contributed by atoms with Crippen molar-refractivity contribution in [3.05, 3.63) is 12.0 Å². The van der Waals surface area contributed by atoms with Crippen molar-refractivity contribution in [1.82, 2.24) is 0 Å². The molecule has 2 bridgehead atoms. The molecule has 0 radical (unpaired) electrons. The van der Waals surface area contributed by atoms with E-state index >= 15 is 0 Å². The first-order chi connectivity index (χ1) is 9.04. The molecule has 2 saturated carbocycles. The van der Waals surface area contributed by atoms with E-state index in [9.17, 15) is 0 Å².